The third-order valence-corrected chi connectivity index (χ3v) is 3.98. The van der Waals surface area contributed by atoms with Crippen molar-refractivity contribution in [1.29, 1.82) is 0 Å². The molecule has 0 spiro atoms. The molecule has 4 nitrogen and oxygen atoms in total. The molecule has 0 radical (unpaired) electrons. The Morgan fingerprint density at radius 1 is 1.00 bits per heavy atom. The number of aliphatic hydroxyl groups excluding tert-OH is 1. The standard InChI is InChI=1S/C14H13F2NO3S/c15-13-5-4-12(7-14(13)16)17-21(19,20)9-11-3-1-2-10(6-11)8-18/h1-7,17-18H,8-9H2. The molecule has 2 aromatic rings. The zero-order chi connectivity index (χ0) is 15.5. The highest BCUT2D eigenvalue weighted by atomic mass is 32.2. The molecule has 0 unspecified atom stereocenters. The molecular weight excluding hydrogens is 300 g/mol. The first-order chi connectivity index (χ1) is 9.89. The summed E-state index contributed by atoms with van der Waals surface area (Å²) in [4.78, 5) is 0. The van der Waals surface area contributed by atoms with Crippen LogP contribution >= 0.6 is 0 Å². The van der Waals surface area contributed by atoms with Gasteiger partial charge in [0.2, 0.25) is 10.0 Å². The fourth-order valence-corrected chi connectivity index (χ4v) is 2.99. The number of halogens is 2. The molecule has 0 bridgehead atoms. The van der Waals surface area contributed by atoms with Crippen molar-refractivity contribution < 1.29 is 22.3 Å². The molecule has 0 heterocycles. The van der Waals surface area contributed by atoms with E-state index in [0.717, 1.165) is 18.2 Å². The molecule has 0 atom stereocenters. The Bertz CT molecular complexity index is 748. The number of hydrogen-bond donors (Lipinski definition) is 2. The third-order valence-electron chi connectivity index (χ3n) is 2.72. The second kappa shape index (κ2) is 6.19. The molecule has 0 amide bonds. The Balaban J connectivity index is 2.16. The minimum atomic E-state index is -3.76. The Labute approximate surface area is 121 Å². The first-order valence-corrected chi connectivity index (χ1v) is 7.69. The molecule has 2 rings (SSSR count). The second-order valence-corrected chi connectivity index (χ2v) is 6.19. The van der Waals surface area contributed by atoms with Gasteiger partial charge >= 0.3 is 0 Å². The summed E-state index contributed by atoms with van der Waals surface area (Å²) in [6.07, 6.45) is 0. The van der Waals surface area contributed by atoms with Gasteiger partial charge in [0, 0.05) is 6.07 Å². The van der Waals surface area contributed by atoms with Gasteiger partial charge in [-0.1, -0.05) is 24.3 Å². The molecule has 0 saturated carbocycles. The maximum Gasteiger partial charge on any atom is 0.236 e. The number of rotatable bonds is 5. The number of hydrogen-bond acceptors (Lipinski definition) is 3. The third kappa shape index (κ3) is 4.24. The van der Waals surface area contributed by atoms with Crippen molar-refractivity contribution in [2.24, 2.45) is 0 Å². The second-order valence-electron chi connectivity index (χ2n) is 4.47. The molecule has 0 aliphatic carbocycles. The molecule has 0 aliphatic rings. The zero-order valence-corrected chi connectivity index (χ0v) is 11.7. The van der Waals surface area contributed by atoms with E-state index < -0.39 is 21.7 Å². The summed E-state index contributed by atoms with van der Waals surface area (Å²) in [6, 6.07) is 9.22. The van der Waals surface area contributed by atoms with Crippen molar-refractivity contribution in [2.45, 2.75) is 12.4 Å². The van der Waals surface area contributed by atoms with Gasteiger partial charge in [0.1, 0.15) is 0 Å². The molecule has 7 heteroatoms. The Morgan fingerprint density at radius 3 is 2.38 bits per heavy atom. The highest BCUT2D eigenvalue weighted by Crippen LogP contribution is 2.16. The first kappa shape index (κ1) is 15.4. The lowest BCUT2D eigenvalue weighted by Gasteiger charge is -2.09. The molecule has 2 aromatic carbocycles. The number of anilines is 1. The maximum atomic E-state index is 13.0. The topological polar surface area (TPSA) is 66.4 Å². The SMILES string of the molecule is O=S(=O)(Cc1cccc(CO)c1)Nc1ccc(F)c(F)c1. The van der Waals surface area contributed by atoms with E-state index in [1.165, 1.54) is 0 Å². The van der Waals surface area contributed by atoms with Gasteiger partial charge in [0.25, 0.3) is 0 Å². The zero-order valence-electron chi connectivity index (χ0n) is 10.9. The Kier molecular flexibility index (Phi) is 4.54. The van der Waals surface area contributed by atoms with Crippen LogP contribution in [0.25, 0.3) is 0 Å². The smallest absolute Gasteiger partial charge is 0.236 e. The summed E-state index contributed by atoms with van der Waals surface area (Å²) in [5.41, 5.74) is 1.03. The van der Waals surface area contributed by atoms with Crippen LogP contribution in [0.15, 0.2) is 42.5 Å². The van der Waals surface area contributed by atoms with Crippen LogP contribution in [-0.2, 0) is 22.4 Å². The van der Waals surface area contributed by atoms with Crippen LogP contribution in [0.2, 0.25) is 0 Å². The number of nitrogens with one attached hydrogen (secondary N) is 1. The van der Waals surface area contributed by atoms with Gasteiger partial charge < -0.3 is 5.11 Å². The fraction of sp³-hybridized carbons (Fsp3) is 0.143. The first-order valence-electron chi connectivity index (χ1n) is 6.04. The van der Waals surface area contributed by atoms with Crippen molar-refractivity contribution in [3.8, 4) is 0 Å². The predicted molar refractivity (Wildman–Crippen MR) is 75.0 cm³/mol. The van der Waals surface area contributed by atoms with E-state index in [4.69, 9.17) is 5.11 Å². The van der Waals surface area contributed by atoms with E-state index >= 15 is 0 Å². The van der Waals surface area contributed by atoms with Gasteiger partial charge in [-0.3, -0.25) is 4.72 Å². The summed E-state index contributed by atoms with van der Waals surface area (Å²) in [7, 11) is -3.76. The van der Waals surface area contributed by atoms with Gasteiger partial charge in [-0.15, -0.1) is 0 Å². The van der Waals surface area contributed by atoms with Crippen LogP contribution in [0.4, 0.5) is 14.5 Å². The number of sulfonamides is 1. The van der Waals surface area contributed by atoms with Crippen molar-refractivity contribution in [1.82, 2.24) is 0 Å². The largest absolute Gasteiger partial charge is 0.392 e. The van der Waals surface area contributed by atoms with E-state index in [2.05, 4.69) is 4.72 Å². The predicted octanol–water partition coefficient (Wildman–Crippen LogP) is 2.40. The van der Waals surface area contributed by atoms with Crippen LogP contribution in [0.3, 0.4) is 0 Å². The van der Waals surface area contributed by atoms with E-state index in [9.17, 15) is 17.2 Å². The monoisotopic (exact) mass is 313 g/mol. The quantitative estimate of drug-likeness (QED) is 0.891. The van der Waals surface area contributed by atoms with E-state index in [1.54, 1.807) is 24.3 Å². The fourth-order valence-electron chi connectivity index (χ4n) is 1.81. The van der Waals surface area contributed by atoms with Crippen molar-refractivity contribution in [3.63, 3.8) is 0 Å². The summed E-state index contributed by atoms with van der Waals surface area (Å²) < 4.78 is 52.0. The maximum absolute atomic E-state index is 13.0. The summed E-state index contributed by atoms with van der Waals surface area (Å²) in [5.74, 6) is -2.51. The Hall–Kier alpha value is -1.99. The molecule has 0 aliphatic heterocycles. The van der Waals surface area contributed by atoms with Gasteiger partial charge in [0.15, 0.2) is 11.6 Å². The molecule has 21 heavy (non-hydrogen) atoms. The molecular formula is C14H13F2NO3S. The summed E-state index contributed by atoms with van der Waals surface area (Å²) in [6.45, 7) is -0.190. The highest BCUT2D eigenvalue weighted by Gasteiger charge is 2.13. The van der Waals surface area contributed by atoms with Crippen LogP contribution in [0.1, 0.15) is 11.1 Å². The van der Waals surface area contributed by atoms with E-state index in [0.29, 0.717) is 11.1 Å². The van der Waals surface area contributed by atoms with Crippen LogP contribution < -0.4 is 4.72 Å². The summed E-state index contributed by atoms with van der Waals surface area (Å²) in [5, 5.41) is 9.01. The Morgan fingerprint density at radius 2 is 1.71 bits per heavy atom. The molecule has 0 aromatic heterocycles. The van der Waals surface area contributed by atoms with Crippen molar-refractivity contribution in [3.05, 3.63) is 65.2 Å². The van der Waals surface area contributed by atoms with Gasteiger partial charge in [-0.25, -0.2) is 17.2 Å². The minimum absolute atomic E-state index is 0.0489. The normalized spacial score (nSPS) is 11.4. The highest BCUT2D eigenvalue weighted by molar-refractivity contribution is 7.91. The molecule has 112 valence electrons. The lowest BCUT2D eigenvalue weighted by atomic mass is 10.1. The lowest BCUT2D eigenvalue weighted by molar-refractivity contribution is 0.282. The van der Waals surface area contributed by atoms with Gasteiger partial charge in [-0.05, 0) is 23.3 Å². The molecule has 0 fully saturated rings. The lowest BCUT2D eigenvalue weighted by Crippen LogP contribution is -2.15. The van der Waals surface area contributed by atoms with E-state index in [-0.39, 0.29) is 18.0 Å². The van der Waals surface area contributed by atoms with Gasteiger partial charge in [0.05, 0.1) is 18.0 Å². The average molecular weight is 313 g/mol. The van der Waals surface area contributed by atoms with E-state index in [1.807, 2.05) is 0 Å². The summed E-state index contributed by atoms with van der Waals surface area (Å²) >= 11 is 0. The van der Waals surface area contributed by atoms with Crippen LogP contribution in [-0.4, -0.2) is 13.5 Å². The van der Waals surface area contributed by atoms with Crippen LogP contribution in [0.5, 0.6) is 0 Å². The van der Waals surface area contributed by atoms with Crippen molar-refractivity contribution >= 4 is 15.7 Å². The minimum Gasteiger partial charge on any atom is -0.392 e. The van der Waals surface area contributed by atoms with Crippen molar-refractivity contribution in [2.75, 3.05) is 4.72 Å². The number of aliphatic hydroxyl groups is 1. The molecule has 2 N–H and O–H groups in total. The molecule has 0 saturated heterocycles. The van der Waals surface area contributed by atoms with Gasteiger partial charge in [-0.2, -0.15) is 0 Å². The van der Waals surface area contributed by atoms with Crippen LogP contribution in [0, 0.1) is 11.6 Å². The average Bonchev–Trinajstić information content (AvgIpc) is 2.42. The number of benzene rings is 2.